The first-order valence-corrected chi connectivity index (χ1v) is 10.1. The maximum atomic E-state index is 12.7. The van der Waals surface area contributed by atoms with Gasteiger partial charge < -0.3 is 15.5 Å². The summed E-state index contributed by atoms with van der Waals surface area (Å²) in [5.41, 5.74) is 2.76. The first-order chi connectivity index (χ1) is 13.5. The number of rotatable bonds is 6. The van der Waals surface area contributed by atoms with Crippen molar-refractivity contribution in [1.29, 1.82) is 0 Å². The van der Waals surface area contributed by atoms with Crippen molar-refractivity contribution in [2.75, 3.05) is 23.3 Å². The fourth-order valence-corrected chi connectivity index (χ4v) is 3.55. The molecule has 28 heavy (non-hydrogen) atoms. The normalized spacial score (nSPS) is 14.8. The first-order valence-electron chi connectivity index (χ1n) is 9.65. The molecule has 0 saturated carbocycles. The number of carbonyl (C=O) groups is 2. The monoisotopic (exact) mass is 399 g/mol. The highest BCUT2D eigenvalue weighted by Crippen LogP contribution is 2.29. The minimum atomic E-state index is -0.799. The number of nitrogens with one attached hydrogen (secondary N) is 2. The minimum Gasteiger partial charge on any atom is -0.371 e. The molecular weight excluding hydrogens is 374 g/mol. The Balaban J connectivity index is 1.83. The van der Waals surface area contributed by atoms with Gasteiger partial charge in [-0.1, -0.05) is 30.3 Å². The van der Waals surface area contributed by atoms with E-state index in [9.17, 15) is 9.59 Å². The summed E-state index contributed by atoms with van der Waals surface area (Å²) in [6.07, 6.45) is 2.24. The molecular formula is C22H26ClN3O2. The van der Waals surface area contributed by atoms with Crippen LogP contribution in [0.2, 0.25) is 0 Å². The number of anilines is 2. The molecule has 2 N–H and O–H groups in total. The van der Waals surface area contributed by atoms with Gasteiger partial charge in [0, 0.05) is 30.5 Å². The molecule has 0 radical (unpaired) electrons. The molecule has 5 nitrogen and oxygen atoms in total. The van der Waals surface area contributed by atoms with Gasteiger partial charge in [0.2, 0.25) is 5.91 Å². The number of nitrogens with zero attached hydrogens (tertiary/aromatic N) is 1. The smallest absolute Gasteiger partial charge is 0.253 e. The molecule has 0 aromatic heterocycles. The zero-order valence-electron chi connectivity index (χ0n) is 16.2. The van der Waals surface area contributed by atoms with Crippen LogP contribution in [0.15, 0.2) is 48.5 Å². The van der Waals surface area contributed by atoms with Crippen LogP contribution in [0.4, 0.5) is 11.4 Å². The number of carbonyl (C=O) groups excluding carboxylic acids is 2. The lowest BCUT2D eigenvalue weighted by Gasteiger charge is -2.22. The summed E-state index contributed by atoms with van der Waals surface area (Å²) in [5.74, 6) is -0.463. The van der Waals surface area contributed by atoms with Crippen molar-refractivity contribution in [3.05, 3.63) is 59.7 Å². The predicted molar refractivity (Wildman–Crippen MR) is 114 cm³/mol. The van der Waals surface area contributed by atoms with Crippen molar-refractivity contribution < 1.29 is 9.59 Å². The van der Waals surface area contributed by atoms with Gasteiger partial charge in [-0.2, -0.15) is 0 Å². The Morgan fingerprint density at radius 1 is 1.04 bits per heavy atom. The lowest BCUT2D eigenvalue weighted by molar-refractivity contribution is -0.116. The third-order valence-corrected chi connectivity index (χ3v) is 5.15. The molecule has 1 heterocycles. The zero-order valence-corrected chi connectivity index (χ0v) is 17.0. The number of amides is 2. The molecule has 1 fully saturated rings. The maximum absolute atomic E-state index is 12.7. The fraction of sp³-hybridized carbons (Fsp3) is 0.364. The summed E-state index contributed by atoms with van der Waals surface area (Å²) >= 11 is 6.31. The Hall–Kier alpha value is -2.53. The van der Waals surface area contributed by atoms with Crippen LogP contribution in [0.25, 0.3) is 0 Å². The minimum absolute atomic E-state index is 0.0301. The molecule has 0 bridgehead atoms. The molecule has 1 aliphatic heterocycles. The average molecular weight is 400 g/mol. The van der Waals surface area contributed by atoms with Gasteiger partial charge in [-0.15, -0.1) is 11.6 Å². The molecule has 2 aromatic carbocycles. The lowest BCUT2D eigenvalue weighted by Crippen LogP contribution is -2.32. The molecule has 6 heteroatoms. The largest absolute Gasteiger partial charge is 0.371 e. The fourth-order valence-electron chi connectivity index (χ4n) is 3.35. The number of benzene rings is 2. The first kappa shape index (κ1) is 20.2. The van der Waals surface area contributed by atoms with E-state index < -0.39 is 5.38 Å². The van der Waals surface area contributed by atoms with E-state index in [0.717, 1.165) is 37.2 Å². The molecule has 1 aliphatic rings. The van der Waals surface area contributed by atoms with E-state index >= 15 is 0 Å². The van der Waals surface area contributed by atoms with Crippen molar-refractivity contribution in [1.82, 2.24) is 5.32 Å². The standard InChI is InChI=1S/C22H26ClN3O2/c1-15(2)24-21(27)18-14-17(10-11-19(18)26-12-6-7-13-26)25-22(28)20(23)16-8-4-3-5-9-16/h3-5,8-11,14-15,20H,6-7,12-13H2,1-2H3,(H,24,27)(H,25,28)/t20-/m1/s1. The van der Waals surface area contributed by atoms with Gasteiger partial charge in [-0.05, 0) is 50.5 Å². The van der Waals surface area contributed by atoms with Crippen molar-refractivity contribution in [2.45, 2.75) is 38.1 Å². The number of hydrogen-bond acceptors (Lipinski definition) is 3. The highest BCUT2D eigenvalue weighted by Gasteiger charge is 2.22. The molecule has 1 saturated heterocycles. The van der Waals surface area contributed by atoms with E-state index in [4.69, 9.17) is 11.6 Å². The number of hydrogen-bond donors (Lipinski definition) is 2. The Bertz CT molecular complexity index is 833. The molecule has 0 unspecified atom stereocenters. The van der Waals surface area contributed by atoms with Gasteiger partial charge in [0.1, 0.15) is 5.38 Å². The third-order valence-electron chi connectivity index (χ3n) is 4.70. The van der Waals surface area contributed by atoms with Crippen molar-refractivity contribution in [2.24, 2.45) is 0 Å². The molecule has 1 atom stereocenters. The van der Waals surface area contributed by atoms with Crippen LogP contribution in [0.1, 0.15) is 48.0 Å². The van der Waals surface area contributed by atoms with Gasteiger partial charge in [-0.25, -0.2) is 0 Å². The van der Waals surface area contributed by atoms with Gasteiger partial charge in [-0.3, -0.25) is 9.59 Å². The summed E-state index contributed by atoms with van der Waals surface area (Å²) in [7, 11) is 0. The van der Waals surface area contributed by atoms with Crippen LogP contribution in [0.5, 0.6) is 0 Å². The molecule has 2 amide bonds. The highest BCUT2D eigenvalue weighted by molar-refractivity contribution is 6.32. The topological polar surface area (TPSA) is 61.4 Å². The predicted octanol–water partition coefficient (Wildman–Crippen LogP) is 4.34. The van der Waals surface area contributed by atoms with Gasteiger partial charge >= 0.3 is 0 Å². The van der Waals surface area contributed by atoms with Gasteiger partial charge in [0.05, 0.1) is 5.56 Å². The highest BCUT2D eigenvalue weighted by atomic mass is 35.5. The number of alkyl halides is 1. The number of halogens is 1. The summed E-state index contributed by atoms with van der Waals surface area (Å²) < 4.78 is 0. The van der Waals surface area contributed by atoms with Crippen molar-refractivity contribution in [3.63, 3.8) is 0 Å². The average Bonchev–Trinajstić information content (AvgIpc) is 3.22. The van der Waals surface area contributed by atoms with Crippen molar-refractivity contribution in [3.8, 4) is 0 Å². The maximum Gasteiger partial charge on any atom is 0.253 e. The Morgan fingerprint density at radius 3 is 2.36 bits per heavy atom. The van der Waals surface area contributed by atoms with Gasteiger partial charge in [0.15, 0.2) is 0 Å². The SMILES string of the molecule is CC(C)NC(=O)c1cc(NC(=O)[C@H](Cl)c2ccccc2)ccc1N1CCCC1. The Morgan fingerprint density at radius 2 is 1.71 bits per heavy atom. The van der Waals surface area contributed by atoms with Crippen LogP contribution in [-0.4, -0.2) is 30.9 Å². The van der Waals surface area contributed by atoms with E-state index in [1.165, 1.54) is 0 Å². The summed E-state index contributed by atoms with van der Waals surface area (Å²) in [5, 5.41) is 4.99. The molecule has 2 aromatic rings. The van der Waals surface area contributed by atoms with E-state index in [1.54, 1.807) is 6.07 Å². The van der Waals surface area contributed by atoms with Crippen LogP contribution >= 0.6 is 11.6 Å². The second kappa shape index (κ2) is 9.11. The van der Waals surface area contributed by atoms with Crippen LogP contribution < -0.4 is 15.5 Å². The van der Waals surface area contributed by atoms with E-state index in [0.29, 0.717) is 11.3 Å². The third kappa shape index (κ3) is 4.84. The molecule has 0 aliphatic carbocycles. The second-order valence-corrected chi connectivity index (χ2v) is 7.75. The Labute approximate surface area is 171 Å². The summed E-state index contributed by atoms with van der Waals surface area (Å²) in [6.45, 7) is 5.73. The van der Waals surface area contributed by atoms with E-state index in [-0.39, 0.29) is 17.9 Å². The van der Waals surface area contributed by atoms with Crippen LogP contribution in [-0.2, 0) is 4.79 Å². The molecule has 0 spiro atoms. The van der Waals surface area contributed by atoms with Gasteiger partial charge in [0.25, 0.3) is 5.91 Å². The van der Waals surface area contributed by atoms with Crippen LogP contribution in [0, 0.1) is 0 Å². The Kier molecular flexibility index (Phi) is 6.57. The lowest BCUT2D eigenvalue weighted by atomic mass is 10.1. The quantitative estimate of drug-likeness (QED) is 0.710. The summed E-state index contributed by atoms with van der Waals surface area (Å²) in [6, 6.07) is 14.7. The molecule has 3 rings (SSSR count). The van der Waals surface area contributed by atoms with Crippen molar-refractivity contribution >= 4 is 34.8 Å². The summed E-state index contributed by atoms with van der Waals surface area (Å²) in [4.78, 5) is 27.5. The molecule has 148 valence electrons. The second-order valence-electron chi connectivity index (χ2n) is 7.32. The zero-order chi connectivity index (χ0) is 20.1. The van der Waals surface area contributed by atoms with E-state index in [1.807, 2.05) is 56.3 Å². The van der Waals surface area contributed by atoms with Crippen LogP contribution in [0.3, 0.4) is 0 Å². The van der Waals surface area contributed by atoms with E-state index in [2.05, 4.69) is 15.5 Å².